The molecule has 0 bridgehead atoms. The fourth-order valence-corrected chi connectivity index (χ4v) is 4.16. The van der Waals surface area contributed by atoms with Crippen molar-refractivity contribution < 1.29 is 21.6 Å². The summed E-state index contributed by atoms with van der Waals surface area (Å²) in [5.41, 5.74) is 0.855. The lowest BCUT2D eigenvalue weighted by Gasteiger charge is -2.11. The van der Waals surface area contributed by atoms with E-state index < -0.39 is 26.5 Å². The molecule has 0 aliphatic carbocycles. The first-order chi connectivity index (χ1) is 12.2. The van der Waals surface area contributed by atoms with E-state index in [4.69, 9.17) is 11.6 Å². The first kappa shape index (κ1) is 18.6. The molecule has 1 N–H and O–H groups in total. The number of benzene rings is 2. The molecule has 2 aromatic carbocycles. The largest absolute Gasteiger partial charge is 0.416 e. The topological polar surface area (TPSA) is 72.0 Å². The van der Waals surface area contributed by atoms with Gasteiger partial charge in [0.2, 0.25) is 15.0 Å². The van der Waals surface area contributed by atoms with Gasteiger partial charge in [-0.05, 0) is 36.4 Å². The Morgan fingerprint density at radius 1 is 1.08 bits per heavy atom. The zero-order valence-corrected chi connectivity index (χ0v) is 15.0. The minimum absolute atomic E-state index is 0.0771. The second-order valence-electron chi connectivity index (χ2n) is 5.04. The van der Waals surface area contributed by atoms with Crippen molar-refractivity contribution in [3.63, 3.8) is 0 Å². The lowest BCUT2D eigenvalue weighted by Crippen LogP contribution is -2.08. The van der Waals surface area contributed by atoms with Crippen LogP contribution >= 0.6 is 22.9 Å². The van der Waals surface area contributed by atoms with Crippen molar-refractivity contribution in [1.82, 2.24) is 10.2 Å². The van der Waals surface area contributed by atoms with Crippen LogP contribution < -0.4 is 5.32 Å². The van der Waals surface area contributed by atoms with Gasteiger partial charge in [-0.3, -0.25) is 0 Å². The summed E-state index contributed by atoms with van der Waals surface area (Å²) in [7, 11) is -4.16. The smallest absolute Gasteiger partial charge is 0.329 e. The maximum absolute atomic E-state index is 12.8. The van der Waals surface area contributed by atoms with Crippen molar-refractivity contribution in [1.29, 1.82) is 0 Å². The third-order valence-corrected chi connectivity index (χ3v) is 5.99. The van der Waals surface area contributed by atoms with Crippen LogP contribution in [0.25, 0.3) is 0 Å². The summed E-state index contributed by atoms with van der Waals surface area (Å²) in [4.78, 5) is -0.683. The highest BCUT2D eigenvalue weighted by Crippen LogP contribution is 2.34. The normalized spacial score (nSPS) is 12.2. The third kappa shape index (κ3) is 3.81. The third-order valence-electron chi connectivity index (χ3n) is 3.32. The molecule has 5 nitrogen and oxygen atoms in total. The van der Waals surface area contributed by atoms with Gasteiger partial charge in [0.25, 0.3) is 0 Å². The summed E-state index contributed by atoms with van der Waals surface area (Å²) in [5.74, 6) is 0. The van der Waals surface area contributed by atoms with E-state index in [1.165, 1.54) is 35.0 Å². The van der Waals surface area contributed by atoms with Crippen LogP contribution in [0.4, 0.5) is 24.0 Å². The number of sulfone groups is 1. The number of nitrogens with one attached hydrogen (secondary N) is 1. The second-order valence-corrected chi connectivity index (χ2v) is 8.23. The van der Waals surface area contributed by atoms with E-state index in [-0.39, 0.29) is 9.92 Å². The fraction of sp³-hybridized carbons (Fsp3) is 0.0667. The molecule has 3 aromatic rings. The SMILES string of the molecule is O=S(=O)(c1cccc(C(F)(F)F)c1)c1ccc(Nc2nncs2)c(Cl)c1. The summed E-state index contributed by atoms with van der Waals surface area (Å²) < 4.78 is 63.7. The van der Waals surface area contributed by atoms with Gasteiger partial charge >= 0.3 is 6.18 Å². The van der Waals surface area contributed by atoms with Crippen LogP contribution in [-0.2, 0) is 16.0 Å². The minimum Gasteiger partial charge on any atom is -0.329 e. The van der Waals surface area contributed by atoms with E-state index in [2.05, 4.69) is 15.5 Å². The number of halogens is 4. The lowest BCUT2D eigenvalue weighted by atomic mass is 10.2. The van der Waals surface area contributed by atoms with Crippen molar-refractivity contribution >= 4 is 43.6 Å². The number of hydrogen-bond acceptors (Lipinski definition) is 6. The van der Waals surface area contributed by atoms with Crippen LogP contribution in [0, 0.1) is 0 Å². The molecule has 0 saturated heterocycles. The molecule has 11 heteroatoms. The first-order valence-electron chi connectivity index (χ1n) is 6.93. The molecule has 0 aliphatic rings. The number of aromatic nitrogens is 2. The van der Waals surface area contributed by atoms with E-state index in [0.29, 0.717) is 16.9 Å². The van der Waals surface area contributed by atoms with Crippen molar-refractivity contribution in [3.05, 3.63) is 58.6 Å². The van der Waals surface area contributed by atoms with Crippen LogP contribution in [-0.4, -0.2) is 18.6 Å². The highest BCUT2D eigenvalue weighted by atomic mass is 35.5. The van der Waals surface area contributed by atoms with Crippen molar-refractivity contribution in [2.45, 2.75) is 16.0 Å². The number of rotatable bonds is 4. The molecule has 0 amide bonds. The van der Waals surface area contributed by atoms with Crippen LogP contribution in [0.5, 0.6) is 0 Å². The van der Waals surface area contributed by atoms with Gasteiger partial charge in [-0.25, -0.2) is 8.42 Å². The molecule has 1 aromatic heterocycles. The standard InChI is InChI=1S/C15H9ClF3N3O2S2/c16-12-7-11(4-5-13(12)21-14-22-20-8-25-14)26(23,24)10-3-1-2-9(6-10)15(17,18)19/h1-8H,(H,21,22). The Morgan fingerprint density at radius 3 is 2.42 bits per heavy atom. The molecular formula is C15H9ClF3N3O2S2. The van der Waals surface area contributed by atoms with Crippen LogP contribution in [0.15, 0.2) is 57.8 Å². The monoisotopic (exact) mass is 419 g/mol. The van der Waals surface area contributed by atoms with Gasteiger partial charge in [0.1, 0.15) is 5.51 Å². The van der Waals surface area contributed by atoms with Crippen molar-refractivity contribution in [2.75, 3.05) is 5.32 Å². The van der Waals surface area contributed by atoms with Crippen LogP contribution in [0.3, 0.4) is 0 Å². The van der Waals surface area contributed by atoms with Gasteiger partial charge in [-0.15, -0.1) is 10.2 Å². The Hall–Kier alpha value is -2.17. The molecule has 136 valence electrons. The molecule has 0 radical (unpaired) electrons. The molecule has 1 heterocycles. The molecule has 0 unspecified atom stereocenters. The van der Waals surface area contributed by atoms with Gasteiger partial charge in [-0.1, -0.05) is 29.0 Å². The molecule has 3 rings (SSSR count). The summed E-state index contributed by atoms with van der Waals surface area (Å²) in [6.07, 6.45) is -4.64. The zero-order valence-electron chi connectivity index (χ0n) is 12.7. The number of alkyl halides is 3. The van der Waals surface area contributed by atoms with Gasteiger partial charge in [0.05, 0.1) is 26.1 Å². The number of hydrogen-bond donors (Lipinski definition) is 1. The highest BCUT2D eigenvalue weighted by molar-refractivity contribution is 7.91. The lowest BCUT2D eigenvalue weighted by molar-refractivity contribution is -0.137. The molecule has 0 atom stereocenters. The molecule has 0 spiro atoms. The van der Waals surface area contributed by atoms with Crippen LogP contribution in [0.1, 0.15) is 5.56 Å². The molecule has 26 heavy (non-hydrogen) atoms. The average Bonchev–Trinajstić information content (AvgIpc) is 3.09. The molecule has 0 aliphatic heterocycles. The average molecular weight is 420 g/mol. The van der Waals surface area contributed by atoms with E-state index in [9.17, 15) is 21.6 Å². The quantitative estimate of drug-likeness (QED) is 0.658. The van der Waals surface area contributed by atoms with Gasteiger partial charge in [0, 0.05) is 0 Å². The Bertz CT molecular complexity index is 1040. The molecule has 0 fully saturated rings. The van der Waals surface area contributed by atoms with E-state index in [1.807, 2.05) is 0 Å². The van der Waals surface area contributed by atoms with Gasteiger partial charge < -0.3 is 5.32 Å². The van der Waals surface area contributed by atoms with Gasteiger partial charge in [-0.2, -0.15) is 13.2 Å². The van der Waals surface area contributed by atoms with E-state index >= 15 is 0 Å². The first-order valence-corrected chi connectivity index (χ1v) is 9.67. The predicted octanol–water partition coefficient (Wildman–Crippen LogP) is 4.79. The summed E-state index contributed by atoms with van der Waals surface area (Å²) >= 11 is 7.31. The minimum atomic E-state index is -4.64. The maximum atomic E-state index is 12.8. The zero-order chi connectivity index (χ0) is 18.9. The maximum Gasteiger partial charge on any atom is 0.416 e. The Kier molecular flexibility index (Phi) is 4.91. The Morgan fingerprint density at radius 2 is 1.81 bits per heavy atom. The summed E-state index contributed by atoms with van der Waals surface area (Å²) in [6.45, 7) is 0. The van der Waals surface area contributed by atoms with Crippen molar-refractivity contribution in [3.8, 4) is 0 Å². The number of anilines is 2. The Labute approximate surface area is 155 Å². The molecular weight excluding hydrogens is 411 g/mol. The summed E-state index contributed by atoms with van der Waals surface area (Å²) in [5, 5.41) is 10.8. The van der Waals surface area contributed by atoms with Crippen LogP contribution in [0.2, 0.25) is 5.02 Å². The van der Waals surface area contributed by atoms with Crippen molar-refractivity contribution in [2.24, 2.45) is 0 Å². The highest BCUT2D eigenvalue weighted by Gasteiger charge is 2.32. The molecule has 0 saturated carbocycles. The van der Waals surface area contributed by atoms with Gasteiger partial charge in [0.15, 0.2) is 0 Å². The second kappa shape index (κ2) is 6.86. The number of nitrogens with zero attached hydrogens (tertiary/aromatic N) is 2. The Balaban J connectivity index is 1.96. The predicted molar refractivity (Wildman–Crippen MR) is 91.5 cm³/mol. The summed E-state index contributed by atoms with van der Waals surface area (Å²) in [6, 6.07) is 7.38. The fourth-order valence-electron chi connectivity index (χ4n) is 2.08. The van der Waals surface area contributed by atoms with E-state index in [1.54, 1.807) is 0 Å². The van der Waals surface area contributed by atoms with E-state index in [0.717, 1.165) is 18.2 Å².